The monoisotopic (exact) mass is 233 g/mol. The predicted molar refractivity (Wildman–Crippen MR) is 66.2 cm³/mol. The molecule has 3 heteroatoms. The Morgan fingerprint density at radius 3 is 2.81 bits per heavy atom. The molecule has 1 aromatic carbocycles. The van der Waals surface area contributed by atoms with Crippen LogP contribution in [0.4, 0.5) is 0 Å². The highest BCUT2D eigenvalue weighted by Gasteiger charge is 2.09. The molecule has 1 rings (SSSR count). The summed E-state index contributed by atoms with van der Waals surface area (Å²) in [6, 6.07) is 0.686. The molecule has 0 spiro atoms. The van der Waals surface area contributed by atoms with Crippen molar-refractivity contribution in [2.45, 2.75) is 12.8 Å². The summed E-state index contributed by atoms with van der Waals surface area (Å²) in [7, 11) is -5.97. The van der Waals surface area contributed by atoms with Gasteiger partial charge in [0.1, 0.15) is 11.5 Å². The fourth-order valence-corrected chi connectivity index (χ4v) is 1.23. The number of rotatable bonds is 6. The van der Waals surface area contributed by atoms with Crippen molar-refractivity contribution in [3.63, 3.8) is 0 Å². The molecule has 88 valence electrons. The number of hydrogen-bond donors (Lipinski definition) is 1. The number of benzene rings is 1. The summed E-state index contributed by atoms with van der Waals surface area (Å²) >= 11 is 0. The highest BCUT2D eigenvalue weighted by atomic mass is 16.5. The molecule has 0 aliphatic rings. The molecule has 1 unspecified atom stereocenters. The highest BCUT2D eigenvalue weighted by molar-refractivity contribution is 5.47. The average Bonchev–Trinajstić information content (AvgIpc) is 2.45. The third-order valence-electron chi connectivity index (χ3n) is 1.92. The maximum absolute atomic E-state index is 8.05. The van der Waals surface area contributed by atoms with Gasteiger partial charge >= 0.3 is 0 Å². The number of hydrogen-bond acceptors (Lipinski definition) is 3. The van der Waals surface area contributed by atoms with Crippen LogP contribution < -0.4 is 15.2 Å². The summed E-state index contributed by atoms with van der Waals surface area (Å²) in [5.74, 6) is -0.992. The van der Waals surface area contributed by atoms with E-state index in [0.29, 0.717) is 0 Å². The lowest BCUT2D eigenvalue weighted by molar-refractivity contribution is 0.395. The van der Waals surface area contributed by atoms with Crippen LogP contribution in [0.3, 0.4) is 0 Å². The van der Waals surface area contributed by atoms with Crippen LogP contribution in [0.15, 0.2) is 24.7 Å². The first-order valence-electron chi connectivity index (χ1n) is 10.4. The van der Waals surface area contributed by atoms with Crippen LogP contribution in [0.25, 0.3) is 0 Å². The third-order valence-corrected chi connectivity index (χ3v) is 1.92. The van der Waals surface area contributed by atoms with E-state index in [9.17, 15) is 0 Å². The molecule has 0 heterocycles. The normalized spacial score (nSPS) is 25.1. The van der Waals surface area contributed by atoms with E-state index in [4.69, 9.17) is 31.7 Å². The Kier molecular flexibility index (Phi) is 1.46. The first-order chi connectivity index (χ1) is 12.4. The summed E-state index contributed by atoms with van der Waals surface area (Å²) in [4.78, 5) is 0. The largest absolute Gasteiger partial charge is 0.496 e. The molecule has 0 saturated heterocycles. The molecule has 3 nitrogen and oxygen atoms in total. The van der Waals surface area contributed by atoms with E-state index in [1.165, 1.54) is 0 Å². The number of ether oxygens (including phenoxy) is 2. The molecule has 2 N–H and O–H groups in total. The van der Waals surface area contributed by atoms with Crippen molar-refractivity contribution >= 4 is 0 Å². The molecule has 0 amide bonds. The van der Waals surface area contributed by atoms with E-state index in [-0.39, 0.29) is 12.0 Å². The zero-order valence-electron chi connectivity index (χ0n) is 20.3. The van der Waals surface area contributed by atoms with Gasteiger partial charge in [-0.05, 0) is 37.0 Å². The SMILES string of the molecule is [2H]C([2H])=C([2H])C([2H])([2H])c1cc(OC([2H])([2H])[2H])c(CC([2H])N)cc1OC([2H])([2H])[2H]. The first kappa shape index (κ1) is 3.77. The zero-order valence-corrected chi connectivity index (χ0v) is 8.33. The van der Waals surface area contributed by atoms with E-state index in [2.05, 4.69) is 0 Å². The van der Waals surface area contributed by atoms with E-state index in [0.717, 1.165) is 12.1 Å². The topological polar surface area (TPSA) is 44.5 Å². The van der Waals surface area contributed by atoms with Crippen molar-refractivity contribution in [2.75, 3.05) is 20.6 Å². The lowest BCUT2D eigenvalue weighted by atomic mass is 10.0. The molecule has 0 aromatic heterocycles. The minimum atomic E-state index is -3.02. The molecule has 0 fully saturated rings. The van der Waals surface area contributed by atoms with Gasteiger partial charge in [0, 0.05) is 9.68 Å². The Hall–Kier alpha value is -1.48. The van der Waals surface area contributed by atoms with Gasteiger partial charge in [-0.1, -0.05) is 6.05 Å². The minimum absolute atomic E-state index is 0.0232. The Bertz CT molecular complexity index is 734. The van der Waals surface area contributed by atoms with Crippen LogP contribution in [0, 0.1) is 0 Å². The molecule has 0 aliphatic carbocycles. The maximum Gasteiger partial charge on any atom is 0.122 e. The first-order valence-corrected chi connectivity index (χ1v) is 4.32. The van der Waals surface area contributed by atoms with Crippen LogP contribution in [-0.4, -0.2) is 20.6 Å². The van der Waals surface area contributed by atoms with Crippen molar-refractivity contribution in [3.8, 4) is 11.5 Å². The van der Waals surface area contributed by atoms with Gasteiger partial charge in [-0.15, -0.1) is 6.53 Å². The lowest BCUT2D eigenvalue weighted by Crippen LogP contribution is -2.05. The maximum atomic E-state index is 8.05. The van der Waals surface area contributed by atoms with Gasteiger partial charge in [0.05, 0.1) is 26.4 Å². The summed E-state index contributed by atoms with van der Waals surface area (Å²) in [5.41, 5.74) is 4.76. The third kappa shape index (κ3) is 2.76. The Morgan fingerprint density at radius 2 is 2.19 bits per heavy atom. The van der Waals surface area contributed by atoms with Crippen molar-refractivity contribution in [1.29, 1.82) is 0 Å². The highest BCUT2D eigenvalue weighted by Crippen LogP contribution is 2.29. The zero-order chi connectivity index (χ0) is 22.1. The smallest absolute Gasteiger partial charge is 0.122 e. The average molecular weight is 233 g/mol. The van der Waals surface area contributed by atoms with Crippen LogP contribution in [0.1, 0.15) is 27.6 Å². The van der Waals surface area contributed by atoms with Gasteiger partial charge < -0.3 is 15.2 Å². The van der Waals surface area contributed by atoms with E-state index in [1.807, 2.05) is 0 Å². The van der Waals surface area contributed by atoms with Crippen LogP contribution in [0.5, 0.6) is 11.5 Å². The summed E-state index contributed by atoms with van der Waals surface area (Å²) in [5, 5.41) is 0. The number of nitrogens with two attached hydrogens (primary N) is 1. The summed E-state index contributed by atoms with van der Waals surface area (Å²) < 4.78 is 98.6. The molecule has 16 heavy (non-hydrogen) atoms. The molecule has 0 aliphatic heterocycles. The van der Waals surface area contributed by atoms with Gasteiger partial charge in [0.2, 0.25) is 0 Å². The molecule has 1 aromatic rings. The number of allylic oxidation sites excluding steroid dienone is 1. The van der Waals surface area contributed by atoms with Gasteiger partial charge in [0.15, 0.2) is 0 Å². The van der Waals surface area contributed by atoms with Crippen molar-refractivity contribution in [1.82, 2.24) is 0 Å². The van der Waals surface area contributed by atoms with Crippen molar-refractivity contribution < 1.29 is 25.9 Å². The molecule has 0 radical (unpaired) electrons. The molecular formula is C13H19NO2. The Morgan fingerprint density at radius 1 is 1.50 bits per heavy atom. The molecular weight excluding hydrogens is 202 g/mol. The standard InChI is InChI=1S/C13H19NO2/c1-4-5-10-8-13(16-3)11(6-7-14)9-12(10)15-2/h4,8-9H,1,5-7,14H2,2-3H3/i1D2,2D3,3D3,4D,5D2,7D. The van der Waals surface area contributed by atoms with Gasteiger partial charge in [-0.25, -0.2) is 0 Å². The van der Waals surface area contributed by atoms with Crippen LogP contribution in [-0.2, 0) is 12.8 Å². The second kappa shape index (κ2) is 6.18. The fraction of sp³-hybridized carbons (Fsp3) is 0.385. The quantitative estimate of drug-likeness (QED) is 0.764. The molecule has 0 bridgehead atoms. The Balaban J connectivity index is 3.78. The van der Waals surface area contributed by atoms with Crippen LogP contribution in [0.2, 0.25) is 0 Å². The lowest BCUT2D eigenvalue weighted by Gasteiger charge is -2.13. The predicted octanol–water partition coefficient (Wildman–Crippen LogP) is 1.93. The van der Waals surface area contributed by atoms with Gasteiger partial charge in [-0.2, -0.15) is 0 Å². The molecule has 1 atom stereocenters. The van der Waals surface area contributed by atoms with E-state index < -0.39 is 56.6 Å². The summed E-state index contributed by atoms with van der Waals surface area (Å²) in [6.45, 7) is -2.39. The van der Waals surface area contributed by atoms with Crippen molar-refractivity contribution in [3.05, 3.63) is 35.8 Å². The second-order valence-corrected chi connectivity index (χ2v) is 2.85. The van der Waals surface area contributed by atoms with Gasteiger partial charge in [-0.3, -0.25) is 0 Å². The molecule has 0 saturated carbocycles. The number of aryl methyl sites for hydroxylation is 1. The van der Waals surface area contributed by atoms with Crippen molar-refractivity contribution in [2.24, 2.45) is 5.73 Å². The second-order valence-electron chi connectivity index (χ2n) is 2.85. The van der Waals surface area contributed by atoms with E-state index >= 15 is 0 Å². The number of methoxy groups -OCH3 is 2. The fourth-order valence-electron chi connectivity index (χ4n) is 1.23. The van der Waals surface area contributed by atoms with Gasteiger partial charge in [0.25, 0.3) is 0 Å². The Labute approximate surface area is 114 Å². The van der Waals surface area contributed by atoms with Crippen LogP contribution >= 0.6 is 0 Å². The minimum Gasteiger partial charge on any atom is -0.496 e. The summed E-state index contributed by atoms with van der Waals surface area (Å²) in [6.07, 6.45) is -3.13. The van der Waals surface area contributed by atoms with E-state index in [1.54, 1.807) is 0 Å².